The Morgan fingerprint density at radius 1 is 1.32 bits per heavy atom. The van der Waals surface area contributed by atoms with E-state index in [0.717, 1.165) is 5.69 Å². The number of aromatic carboxylic acids is 1. The smallest absolute Gasteiger partial charge is 0.336 e. The van der Waals surface area contributed by atoms with Crippen molar-refractivity contribution < 1.29 is 14.7 Å². The van der Waals surface area contributed by atoms with Crippen LogP contribution in [0.5, 0.6) is 0 Å². The number of rotatable bonds is 5. The molecule has 0 aromatic heterocycles. The minimum Gasteiger partial charge on any atom is -0.478 e. The van der Waals surface area contributed by atoms with Crippen LogP contribution >= 0.6 is 15.9 Å². The number of hydrogen-bond donors (Lipinski definition) is 1. The quantitative estimate of drug-likeness (QED) is 0.898. The lowest BCUT2D eigenvalue weighted by atomic mass is 10.2. The largest absolute Gasteiger partial charge is 0.478 e. The van der Waals surface area contributed by atoms with Crippen LogP contribution in [0.2, 0.25) is 0 Å². The van der Waals surface area contributed by atoms with Crippen LogP contribution in [0, 0.1) is 0 Å². The first-order valence-corrected chi connectivity index (χ1v) is 6.64. The Kier molecular flexibility index (Phi) is 5.35. The van der Waals surface area contributed by atoms with Crippen molar-refractivity contribution in [2.24, 2.45) is 0 Å². The van der Waals surface area contributed by atoms with Gasteiger partial charge in [0.15, 0.2) is 0 Å². The molecule has 0 aliphatic rings. The third-order valence-electron chi connectivity index (χ3n) is 2.75. The van der Waals surface area contributed by atoms with Crippen LogP contribution in [0.15, 0.2) is 22.7 Å². The minimum atomic E-state index is -0.981. The standard InChI is InChI=1S/C13H17BrN2O3/c1-4-16(8-12(17)15(2)3)9-5-6-10(13(18)19)11(14)7-9/h5-7H,4,8H2,1-3H3,(H,18,19). The Bertz CT molecular complexity index is 489. The summed E-state index contributed by atoms with van der Waals surface area (Å²) in [7, 11) is 3.42. The monoisotopic (exact) mass is 328 g/mol. The van der Waals surface area contributed by atoms with Gasteiger partial charge in [0, 0.05) is 30.8 Å². The number of hydrogen-bond acceptors (Lipinski definition) is 3. The number of benzene rings is 1. The summed E-state index contributed by atoms with van der Waals surface area (Å²) in [6, 6.07) is 4.96. The van der Waals surface area contributed by atoms with Crippen molar-refractivity contribution in [3.8, 4) is 0 Å². The maximum absolute atomic E-state index is 11.7. The summed E-state index contributed by atoms with van der Waals surface area (Å²) in [5.41, 5.74) is 1.02. The first kappa shape index (κ1) is 15.5. The first-order chi connectivity index (χ1) is 8.86. The van der Waals surface area contributed by atoms with E-state index < -0.39 is 5.97 Å². The predicted molar refractivity (Wildman–Crippen MR) is 77.7 cm³/mol. The molecule has 19 heavy (non-hydrogen) atoms. The van der Waals surface area contributed by atoms with Gasteiger partial charge in [0.1, 0.15) is 0 Å². The van der Waals surface area contributed by atoms with Crippen molar-refractivity contribution in [2.75, 3.05) is 32.1 Å². The molecule has 1 N–H and O–H groups in total. The highest BCUT2D eigenvalue weighted by molar-refractivity contribution is 9.10. The Hall–Kier alpha value is -1.56. The lowest BCUT2D eigenvalue weighted by molar-refractivity contribution is -0.127. The number of carbonyl (C=O) groups excluding carboxylic acids is 1. The zero-order valence-corrected chi connectivity index (χ0v) is 12.8. The van der Waals surface area contributed by atoms with Crippen LogP contribution in [-0.2, 0) is 4.79 Å². The molecule has 1 amide bonds. The van der Waals surface area contributed by atoms with Gasteiger partial charge < -0.3 is 14.9 Å². The van der Waals surface area contributed by atoms with Crippen LogP contribution in [-0.4, -0.2) is 49.1 Å². The van der Waals surface area contributed by atoms with Gasteiger partial charge in [-0.25, -0.2) is 4.79 Å². The van der Waals surface area contributed by atoms with E-state index in [2.05, 4.69) is 15.9 Å². The van der Waals surface area contributed by atoms with Crippen LogP contribution < -0.4 is 4.90 Å². The average molecular weight is 329 g/mol. The summed E-state index contributed by atoms with van der Waals surface area (Å²) in [4.78, 5) is 26.1. The van der Waals surface area contributed by atoms with Crippen molar-refractivity contribution in [2.45, 2.75) is 6.92 Å². The van der Waals surface area contributed by atoms with E-state index >= 15 is 0 Å². The van der Waals surface area contributed by atoms with Crippen molar-refractivity contribution >= 4 is 33.5 Å². The van der Waals surface area contributed by atoms with Gasteiger partial charge in [0.05, 0.1) is 12.1 Å². The van der Waals surface area contributed by atoms with Crippen molar-refractivity contribution in [3.63, 3.8) is 0 Å². The van der Waals surface area contributed by atoms with Crippen molar-refractivity contribution in [1.29, 1.82) is 0 Å². The summed E-state index contributed by atoms with van der Waals surface area (Å²) >= 11 is 3.24. The zero-order chi connectivity index (χ0) is 14.6. The molecular formula is C13H17BrN2O3. The topological polar surface area (TPSA) is 60.9 Å². The number of carboxylic acids is 1. The van der Waals surface area contributed by atoms with Gasteiger partial charge in [-0.1, -0.05) is 0 Å². The van der Waals surface area contributed by atoms with E-state index in [1.54, 1.807) is 26.2 Å². The van der Waals surface area contributed by atoms with Gasteiger partial charge in [0.25, 0.3) is 0 Å². The van der Waals surface area contributed by atoms with Crippen LogP contribution in [0.25, 0.3) is 0 Å². The lowest BCUT2D eigenvalue weighted by Gasteiger charge is -2.24. The normalized spacial score (nSPS) is 10.1. The van der Waals surface area contributed by atoms with Gasteiger partial charge in [-0.05, 0) is 41.1 Å². The van der Waals surface area contributed by atoms with E-state index in [1.165, 1.54) is 11.0 Å². The third-order valence-corrected chi connectivity index (χ3v) is 3.41. The molecule has 0 fully saturated rings. The molecule has 0 unspecified atom stereocenters. The second kappa shape index (κ2) is 6.56. The number of anilines is 1. The van der Waals surface area contributed by atoms with E-state index in [-0.39, 0.29) is 18.0 Å². The maximum atomic E-state index is 11.7. The second-order valence-electron chi connectivity index (χ2n) is 4.27. The molecule has 6 heteroatoms. The summed E-state index contributed by atoms with van der Waals surface area (Å²) in [5.74, 6) is -0.980. The molecule has 0 spiro atoms. The van der Waals surface area contributed by atoms with E-state index in [0.29, 0.717) is 11.0 Å². The highest BCUT2D eigenvalue weighted by Crippen LogP contribution is 2.24. The number of amides is 1. The average Bonchev–Trinajstić information content (AvgIpc) is 2.34. The molecule has 1 aromatic carbocycles. The highest BCUT2D eigenvalue weighted by Gasteiger charge is 2.14. The molecule has 0 radical (unpaired) electrons. The Labute approximate surface area is 120 Å². The molecule has 104 valence electrons. The number of likely N-dealkylation sites (N-methyl/N-ethyl adjacent to an activating group) is 2. The fraction of sp³-hybridized carbons (Fsp3) is 0.385. The number of halogens is 1. The molecule has 0 aliphatic carbocycles. The highest BCUT2D eigenvalue weighted by atomic mass is 79.9. The van der Waals surface area contributed by atoms with E-state index in [4.69, 9.17) is 5.11 Å². The summed E-state index contributed by atoms with van der Waals surface area (Å²) in [5, 5.41) is 8.97. The number of nitrogens with zero attached hydrogens (tertiary/aromatic N) is 2. The molecule has 5 nitrogen and oxygen atoms in total. The summed E-state index contributed by atoms with van der Waals surface area (Å²) in [6.07, 6.45) is 0. The fourth-order valence-corrected chi connectivity index (χ4v) is 2.10. The Morgan fingerprint density at radius 2 is 1.95 bits per heavy atom. The van der Waals surface area contributed by atoms with Gasteiger partial charge in [-0.15, -0.1) is 0 Å². The van der Waals surface area contributed by atoms with E-state index in [9.17, 15) is 9.59 Å². The molecule has 0 aliphatic heterocycles. The predicted octanol–water partition coefficient (Wildman–Crippen LogP) is 2.06. The van der Waals surface area contributed by atoms with Crippen LogP contribution in [0.3, 0.4) is 0 Å². The maximum Gasteiger partial charge on any atom is 0.336 e. The Balaban J connectivity index is 2.97. The van der Waals surface area contributed by atoms with Crippen molar-refractivity contribution in [1.82, 2.24) is 4.90 Å². The molecule has 0 saturated heterocycles. The molecule has 0 saturated carbocycles. The van der Waals surface area contributed by atoms with Gasteiger partial charge in [-0.3, -0.25) is 4.79 Å². The zero-order valence-electron chi connectivity index (χ0n) is 11.2. The SMILES string of the molecule is CCN(CC(=O)N(C)C)c1ccc(C(=O)O)c(Br)c1. The molecule has 0 bridgehead atoms. The summed E-state index contributed by atoms with van der Waals surface area (Å²) < 4.78 is 0.508. The van der Waals surface area contributed by atoms with E-state index in [1.807, 2.05) is 11.8 Å². The molecule has 0 heterocycles. The molecular weight excluding hydrogens is 312 g/mol. The second-order valence-corrected chi connectivity index (χ2v) is 5.13. The minimum absolute atomic E-state index is 0.000263. The summed E-state index contributed by atoms with van der Waals surface area (Å²) in [6.45, 7) is 2.88. The van der Waals surface area contributed by atoms with Gasteiger partial charge >= 0.3 is 5.97 Å². The molecule has 1 aromatic rings. The number of carbonyl (C=O) groups is 2. The third kappa shape index (κ3) is 3.96. The van der Waals surface area contributed by atoms with Crippen molar-refractivity contribution in [3.05, 3.63) is 28.2 Å². The molecule has 1 rings (SSSR count). The van der Waals surface area contributed by atoms with Crippen LogP contribution in [0.1, 0.15) is 17.3 Å². The van der Waals surface area contributed by atoms with Gasteiger partial charge in [-0.2, -0.15) is 0 Å². The fourth-order valence-electron chi connectivity index (χ4n) is 1.56. The van der Waals surface area contributed by atoms with Crippen LogP contribution in [0.4, 0.5) is 5.69 Å². The first-order valence-electron chi connectivity index (χ1n) is 5.84. The Morgan fingerprint density at radius 3 is 2.37 bits per heavy atom. The van der Waals surface area contributed by atoms with Gasteiger partial charge in [0.2, 0.25) is 5.91 Å². The number of carboxylic acid groups (broad SMARTS) is 1. The lowest BCUT2D eigenvalue weighted by Crippen LogP contribution is -2.36. The molecule has 0 atom stereocenters.